The third-order valence-electron chi connectivity index (χ3n) is 5.24. The van der Waals surface area contributed by atoms with Crippen LogP contribution in [0.2, 0.25) is 0 Å². The van der Waals surface area contributed by atoms with E-state index >= 15 is 0 Å². The minimum atomic E-state index is -0.969. The first-order chi connectivity index (χ1) is 15.4. The van der Waals surface area contributed by atoms with Crippen LogP contribution < -0.4 is 4.74 Å². The van der Waals surface area contributed by atoms with Gasteiger partial charge in [0.15, 0.2) is 0 Å². The fourth-order valence-electron chi connectivity index (χ4n) is 3.74. The number of ether oxygens (including phenoxy) is 1. The van der Waals surface area contributed by atoms with Gasteiger partial charge < -0.3 is 19.8 Å². The molecule has 4 rings (SSSR count). The summed E-state index contributed by atoms with van der Waals surface area (Å²) in [4.78, 5) is 31.4. The van der Waals surface area contributed by atoms with E-state index in [0.29, 0.717) is 11.1 Å². The number of hydrogen-bond donors (Lipinski definition) is 2. The Morgan fingerprint density at radius 1 is 1.16 bits per heavy atom. The molecule has 1 aliphatic heterocycles. The summed E-state index contributed by atoms with van der Waals surface area (Å²) in [5, 5.41) is 20.8. The number of likely N-dealkylation sites (tertiary alicyclic amines) is 1. The summed E-state index contributed by atoms with van der Waals surface area (Å²) in [7, 11) is 1.35. The predicted octanol–water partition coefficient (Wildman–Crippen LogP) is 3.56. The number of carbonyl (C=O) groups excluding carboxylic acids is 2. The van der Waals surface area contributed by atoms with E-state index in [1.165, 1.54) is 30.2 Å². The predicted molar refractivity (Wildman–Crippen MR) is 113 cm³/mol. The van der Waals surface area contributed by atoms with Crippen molar-refractivity contribution in [3.05, 3.63) is 95.1 Å². The highest BCUT2D eigenvalue weighted by Gasteiger charge is 2.46. The zero-order chi connectivity index (χ0) is 22.8. The number of aliphatic hydroxyl groups is 1. The summed E-state index contributed by atoms with van der Waals surface area (Å²) < 4.78 is 19.2. The van der Waals surface area contributed by atoms with Gasteiger partial charge in [-0.05, 0) is 47.5 Å². The van der Waals surface area contributed by atoms with Crippen LogP contribution >= 0.6 is 0 Å². The Balaban J connectivity index is 1.91. The number of pyridine rings is 1. The molecule has 32 heavy (non-hydrogen) atoms. The normalized spacial score (nSPS) is 17.6. The Hall–Kier alpha value is -4.20. The van der Waals surface area contributed by atoms with Gasteiger partial charge in [0.2, 0.25) is 0 Å². The van der Waals surface area contributed by atoms with Crippen LogP contribution in [0.1, 0.15) is 22.7 Å². The molecule has 0 bridgehead atoms. The van der Waals surface area contributed by atoms with Gasteiger partial charge in [0, 0.05) is 18.9 Å². The van der Waals surface area contributed by atoms with Crippen molar-refractivity contribution in [2.24, 2.45) is 0 Å². The van der Waals surface area contributed by atoms with Crippen molar-refractivity contribution in [2.45, 2.75) is 12.6 Å². The Morgan fingerprint density at radius 2 is 1.91 bits per heavy atom. The highest BCUT2D eigenvalue weighted by atomic mass is 19.1. The van der Waals surface area contributed by atoms with Gasteiger partial charge in [-0.1, -0.05) is 18.2 Å². The van der Waals surface area contributed by atoms with Crippen LogP contribution in [0.4, 0.5) is 4.39 Å². The molecule has 0 radical (unpaired) electrons. The van der Waals surface area contributed by atoms with Crippen molar-refractivity contribution in [1.82, 2.24) is 9.88 Å². The summed E-state index contributed by atoms with van der Waals surface area (Å²) in [5.74, 6) is -2.76. The molecule has 0 aliphatic carbocycles. The number of aromatic hydroxyl groups is 1. The monoisotopic (exact) mass is 434 g/mol. The number of nitrogens with zero attached hydrogens (tertiary/aromatic N) is 2. The van der Waals surface area contributed by atoms with Crippen molar-refractivity contribution in [2.75, 3.05) is 7.11 Å². The summed E-state index contributed by atoms with van der Waals surface area (Å²) in [6.45, 7) is 0.0566. The van der Waals surface area contributed by atoms with E-state index < -0.39 is 29.3 Å². The maximum absolute atomic E-state index is 13.9. The zero-order valence-corrected chi connectivity index (χ0v) is 17.0. The Labute approximate surface area is 183 Å². The highest BCUT2D eigenvalue weighted by Crippen LogP contribution is 2.42. The van der Waals surface area contributed by atoms with E-state index in [9.17, 15) is 24.2 Å². The summed E-state index contributed by atoms with van der Waals surface area (Å²) in [6.07, 6.45) is 3.16. The second-order valence-corrected chi connectivity index (χ2v) is 7.22. The van der Waals surface area contributed by atoms with Crippen LogP contribution in [-0.2, 0) is 16.1 Å². The lowest BCUT2D eigenvalue weighted by molar-refractivity contribution is -0.140. The summed E-state index contributed by atoms with van der Waals surface area (Å²) >= 11 is 0. The first kappa shape index (κ1) is 21.0. The van der Waals surface area contributed by atoms with Gasteiger partial charge in [0.05, 0.1) is 24.3 Å². The molecule has 0 spiro atoms. The van der Waals surface area contributed by atoms with Gasteiger partial charge in [-0.15, -0.1) is 0 Å². The average molecular weight is 434 g/mol. The van der Waals surface area contributed by atoms with Crippen LogP contribution in [0.5, 0.6) is 11.5 Å². The lowest BCUT2D eigenvalue weighted by Gasteiger charge is -2.25. The van der Waals surface area contributed by atoms with E-state index in [1.807, 2.05) is 0 Å². The fraction of sp³-hybridized carbons (Fsp3) is 0.125. The van der Waals surface area contributed by atoms with Crippen LogP contribution in [0, 0.1) is 5.82 Å². The van der Waals surface area contributed by atoms with Crippen LogP contribution in [0.25, 0.3) is 5.76 Å². The second-order valence-electron chi connectivity index (χ2n) is 7.22. The number of benzene rings is 2. The van der Waals surface area contributed by atoms with Gasteiger partial charge in [-0.25, -0.2) is 4.39 Å². The zero-order valence-electron chi connectivity index (χ0n) is 17.0. The molecule has 1 aromatic heterocycles. The molecule has 1 fully saturated rings. The van der Waals surface area contributed by atoms with Crippen molar-refractivity contribution >= 4 is 17.4 Å². The number of methoxy groups -OCH3 is 1. The number of aliphatic hydroxyl groups excluding tert-OH is 1. The highest BCUT2D eigenvalue weighted by molar-refractivity contribution is 6.46. The number of Topliss-reactive ketones (excluding diaryl/α,β-unsaturated/α-hetero) is 1. The molecular formula is C24H19FN2O5. The minimum absolute atomic E-state index is 0.00441. The van der Waals surface area contributed by atoms with Crippen molar-refractivity contribution in [3.63, 3.8) is 0 Å². The van der Waals surface area contributed by atoms with Crippen molar-refractivity contribution in [3.8, 4) is 11.5 Å². The lowest BCUT2D eigenvalue weighted by Crippen LogP contribution is -2.29. The molecule has 3 aromatic rings. The number of phenolic OH excluding ortho intramolecular Hbond substituents is 1. The molecule has 1 saturated heterocycles. The van der Waals surface area contributed by atoms with E-state index in [-0.39, 0.29) is 29.2 Å². The molecule has 1 unspecified atom stereocenters. The summed E-state index contributed by atoms with van der Waals surface area (Å²) in [6, 6.07) is 12.0. The number of halogens is 1. The standard InChI is InChI=1S/C24H19FN2O5/c1-32-19-9-6-16(25)11-18(19)22(29)20-21(15-4-7-17(28)8-5-15)27(24(31)23(20)30)13-14-3-2-10-26-12-14/h2-12,21,28-29H,13H2,1H3/b22-20+. The number of phenols is 1. The lowest BCUT2D eigenvalue weighted by atomic mass is 9.94. The average Bonchev–Trinajstić information content (AvgIpc) is 3.04. The van der Waals surface area contributed by atoms with E-state index in [0.717, 1.165) is 12.1 Å². The van der Waals surface area contributed by atoms with Gasteiger partial charge in [-0.2, -0.15) is 0 Å². The van der Waals surface area contributed by atoms with Gasteiger partial charge in [-0.3, -0.25) is 14.6 Å². The number of aromatic nitrogens is 1. The topological polar surface area (TPSA) is 100.0 Å². The van der Waals surface area contributed by atoms with Gasteiger partial charge >= 0.3 is 0 Å². The molecule has 8 heteroatoms. The smallest absolute Gasteiger partial charge is 0.295 e. The number of carbonyl (C=O) groups is 2. The Morgan fingerprint density at radius 3 is 2.56 bits per heavy atom. The van der Waals surface area contributed by atoms with E-state index in [1.54, 1.807) is 36.7 Å². The molecule has 2 aromatic carbocycles. The number of ketones is 1. The van der Waals surface area contributed by atoms with Crippen molar-refractivity contribution in [1.29, 1.82) is 0 Å². The largest absolute Gasteiger partial charge is 0.508 e. The third kappa shape index (κ3) is 3.78. The number of hydrogen-bond acceptors (Lipinski definition) is 6. The first-order valence-corrected chi connectivity index (χ1v) is 9.71. The molecule has 0 saturated carbocycles. The maximum Gasteiger partial charge on any atom is 0.295 e. The molecule has 1 atom stereocenters. The van der Waals surface area contributed by atoms with Crippen LogP contribution in [-0.4, -0.2) is 38.9 Å². The van der Waals surface area contributed by atoms with E-state index in [2.05, 4.69) is 4.98 Å². The Kier molecular flexibility index (Phi) is 5.59. The summed E-state index contributed by atoms with van der Waals surface area (Å²) in [5.41, 5.74) is 0.924. The quantitative estimate of drug-likeness (QED) is 0.362. The third-order valence-corrected chi connectivity index (χ3v) is 5.24. The molecular weight excluding hydrogens is 415 g/mol. The van der Waals surface area contributed by atoms with Crippen LogP contribution in [0.3, 0.4) is 0 Å². The Bertz CT molecular complexity index is 1210. The molecule has 2 N–H and O–H groups in total. The molecule has 2 heterocycles. The minimum Gasteiger partial charge on any atom is -0.508 e. The molecule has 1 aliphatic rings. The van der Waals surface area contributed by atoms with Crippen LogP contribution in [0.15, 0.2) is 72.6 Å². The number of amides is 1. The molecule has 1 amide bonds. The second kappa shape index (κ2) is 8.50. The first-order valence-electron chi connectivity index (χ1n) is 9.71. The molecule has 162 valence electrons. The van der Waals surface area contributed by atoms with E-state index in [4.69, 9.17) is 4.74 Å². The molecule has 7 nitrogen and oxygen atoms in total. The van der Waals surface area contributed by atoms with Gasteiger partial charge in [0.25, 0.3) is 11.7 Å². The number of rotatable bonds is 5. The maximum atomic E-state index is 13.9. The fourth-order valence-corrected chi connectivity index (χ4v) is 3.74. The SMILES string of the molecule is COc1ccc(F)cc1/C(O)=C1\C(=O)C(=O)N(Cc2cccnc2)C1c1ccc(O)cc1. The van der Waals surface area contributed by atoms with Gasteiger partial charge in [0.1, 0.15) is 23.1 Å². The van der Waals surface area contributed by atoms with Crippen molar-refractivity contribution < 1.29 is 28.9 Å².